The first-order valence-electron chi connectivity index (χ1n) is 7.40. The molecular weight excluding hydrogens is 280 g/mol. The summed E-state index contributed by atoms with van der Waals surface area (Å²) in [6.07, 6.45) is 2.52. The maximum absolute atomic E-state index is 11.2. The van der Waals surface area contributed by atoms with Crippen LogP contribution >= 0.6 is 0 Å². The lowest BCUT2D eigenvalue weighted by atomic mass is 10.1. The van der Waals surface area contributed by atoms with Crippen LogP contribution < -0.4 is 9.64 Å². The fraction of sp³-hybridized carbons (Fsp3) is 0.438. The van der Waals surface area contributed by atoms with Gasteiger partial charge >= 0.3 is 0 Å². The third-order valence-electron chi connectivity index (χ3n) is 4.23. The summed E-state index contributed by atoms with van der Waals surface area (Å²) in [5, 5.41) is 1.00. The van der Waals surface area contributed by atoms with Crippen molar-refractivity contribution >= 4 is 23.1 Å². The van der Waals surface area contributed by atoms with Crippen LogP contribution in [0.4, 0.5) is 5.82 Å². The first-order chi connectivity index (χ1) is 10.6. The summed E-state index contributed by atoms with van der Waals surface area (Å²) in [4.78, 5) is 24.1. The molecule has 6 nitrogen and oxygen atoms in total. The normalized spacial score (nSPS) is 22.0. The van der Waals surface area contributed by atoms with E-state index in [0.29, 0.717) is 0 Å². The Balaban J connectivity index is 1.98. The lowest BCUT2D eigenvalue weighted by Gasteiger charge is -2.43. The molecule has 0 aliphatic carbocycles. The summed E-state index contributed by atoms with van der Waals surface area (Å²) < 4.78 is 5.25. The summed E-state index contributed by atoms with van der Waals surface area (Å²) >= 11 is 0. The lowest BCUT2D eigenvalue weighted by molar-refractivity contribution is -0.122. The molecule has 0 radical (unpaired) electrons. The molecule has 2 heterocycles. The van der Waals surface area contributed by atoms with Crippen molar-refractivity contribution in [1.82, 2.24) is 14.9 Å². The lowest BCUT2D eigenvalue weighted by Crippen LogP contribution is -2.56. The molecule has 3 rings (SSSR count). The molecule has 1 fully saturated rings. The van der Waals surface area contributed by atoms with Gasteiger partial charge in [0.2, 0.25) is 6.41 Å². The quantitative estimate of drug-likeness (QED) is 0.807. The van der Waals surface area contributed by atoms with Crippen LogP contribution in [0.3, 0.4) is 0 Å². The second kappa shape index (κ2) is 5.79. The van der Waals surface area contributed by atoms with Crippen molar-refractivity contribution in [2.75, 3.05) is 25.1 Å². The van der Waals surface area contributed by atoms with Gasteiger partial charge in [0.05, 0.1) is 12.6 Å². The molecule has 1 saturated heterocycles. The van der Waals surface area contributed by atoms with E-state index in [2.05, 4.69) is 28.7 Å². The Morgan fingerprint density at radius 1 is 1.23 bits per heavy atom. The highest BCUT2D eigenvalue weighted by Gasteiger charge is 2.29. The van der Waals surface area contributed by atoms with Gasteiger partial charge in [-0.15, -0.1) is 0 Å². The molecular formula is C16H20N4O2. The van der Waals surface area contributed by atoms with E-state index in [0.717, 1.165) is 42.0 Å². The minimum Gasteiger partial charge on any atom is -0.497 e. The first-order valence-corrected chi connectivity index (χ1v) is 7.40. The highest BCUT2D eigenvalue weighted by Crippen LogP contribution is 2.28. The van der Waals surface area contributed by atoms with Gasteiger partial charge in [0.15, 0.2) is 0 Å². The number of hydrogen-bond donors (Lipinski definition) is 0. The Hall–Kier alpha value is -2.37. The predicted octanol–water partition coefficient (Wildman–Crippen LogP) is 1.69. The number of piperazine rings is 1. The van der Waals surface area contributed by atoms with Gasteiger partial charge in [-0.05, 0) is 26.0 Å². The molecule has 0 spiro atoms. The molecule has 6 heteroatoms. The molecule has 1 aliphatic rings. The van der Waals surface area contributed by atoms with E-state index in [1.165, 1.54) is 0 Å². The third-order valence-corrected chi connectivity index (χ3v) is 4.23. The van der Waals surface area contributed by atoms with Crippen LogP contribution in [0.1, 0.15) is 13.8 Å². The Morgan fingerprint density at radius 2 is 1.95 bits per heavy atom. The van der Waals surface area contributed by atoms with Crippen LogP contribution in [0, 0.1) is 0 Å². The molecule has 1 aliphatic heterocycles. The largest absolute Gasteiger partial charge is 0.497 e. The number of nitrogens with zero attached hydrogens (tertiary/aromatic N) is 4. The molecule has 2 aromatic rings. The number of anilines is 1. The number of benzene rings is 1. The number of hydrogen-bond acceptors (Lipinski definition) is 5. The van der Waals surface area contributed by atoms with Crippen molar-refractivity contribution in [2.24, 2.45) is 0 Å². The van der Waals surface area contributed by atoms with Gasteiger partial charge < -0.3 is 14.5 Å². The average Bonchev–Trinajstić information content (AvgIpc) is 2.53. The number of fused-ring (bicyclic) bond motifs is 1. The van der Waals surface area contributed by atoms with E-state index in [1.54, 1.807) is 13.4 Å². The summed E-state index contributed by atoms with van der Waals surface area (Å²) in [7, 11) is 1.64. The Labute approximate surface area is 129 Å². The number of ether oxygens (including phenoxy) is 1. The van der Waals surface area contributed by atoms with Crippen molar-refractivity contribution in [2.45, 2.75) is 25.9 Å². The second-order valence-electron chi connectivity index (χ2n) is 5.74. The fourth-order valence-electron chi connectivity index (χ4n) is 3.12. The van der Waals surface area contributed by atoms with Gasteiger partial charge in [-0.25, -0.2) is 9.97 Å². The Kier molecular flexibility index (Phi) is 3.83. The van der Waals surface area contributed by atoms with Crippen LogP contribution in [0.25, 0.3) is 10.9 Å². The van der Waals surface area contributed by atoms with Crippen LogP contribution in [0.5, 0.6) is 5.75 Å². The average molecular weight is 300 g/mol. The van der Waals surface area contributed by atoms with E-state index < -0.39 is 0 Å². The zero-order chi connectivity index (χ0) is 15.7. The summed E-state index contributed by atoms with van der Waals surface area (Å²) in [6, 6.07) is 6.14. The fourth-order valence-corrected chi connectivity index (χ4v) is 3.12. The number of carbonyl (C=O) groups excluding carboxylic acids is 1. The number of methoxy groups -OCH3 is 1. The van der Waals surface area contributed by atoms with E-state index >= 15 is 0 Å². The first kappa shape index (κ1) is 14.6. The summed E-state index contributed by atoms with van der Waals surface area (Å²) in [5.41, 5.74) is 0.863. The summed E-state index contributed by atoms with van der Waals surface area (Å²) in [5.74, 6) is 1.70. The Bertz CT molecular complexity index is 679. The maximum atomic E-state index is 11.2. The van der Waals surface area contributed by atoms with E-state index in [1.807, 2.05) is 23.1 Å². The van der Waals surface area contributed by atoms with Crippen LogP contribution in [0.15, 0.2) is 24.5 Å². The van der Waals surface area contributed by atoms with Gasteiger partial charge in [0.1, 0.15) is 17.9 Å². The standard InChI is InChI=1S/C16H20N4O2/c1-11-7-19(8-12(2)20(11)10-21)16-14-5-4-13(22-3)6-15(14)17-9-18-16/h4-6,9-12H,7-8H2,1-3H3/t11-,12-/m1/s1. The Morgan fingerprint density at radius 3 is 2.59 bits per heavy atom. The molecule has 22 heavy (non-hydrogen) atoms. The van der Waals surface area contributed by atoms with Gasteiger partial charge in [-0.1, -0.05) is 0 Å². The number of carbonyl (C=O) groups is 1. The van der Waals surface area contributed by atoms with Crippen molar-refractivity contribution in [3.05, 3.63) is 24.5 Å². The minimum absolute atomic E-state index is 0.157. The number of aromatic nitrogens is 2. The minimum atomic E-state index is 0.157. The molecule has 2 atom stereocenters. The molecule has 0 bridgehead atoms. The summed E-state index contributed by atoms with van der Waals surface area (Å²) in [6.45, 7) is 5.65. The maximum Gasteiger partial charge on any atom is 0.210 e. The monoisotopic (exact) mass is 300 g/mol. The molecule has 1 amide bonds. The SMILES string of the molecule is COc1ccc2c(N3C[C@@H](C)N(C=O)[C@H](C)C3)ncnc2c1. The molecule has 0 N–H and O–H groups in total. The third kappa shape index (κ3) is 2.45. The molecule has 0 unspecified atom stereocenters. The second-order valence-corrected chi connectivity index (χ2v) is 5.74. The topological polar surface area (TPSA) is 58.6 Å². The highest BCUT2D eigenvalue weighted by atomic mass is 16.5. The van der Waals surface area contributed by atoms with Gasteiger partial charge in [-0.2, -0.15) is 0 Å². The highest BCUT2D eigenvalue weighted by molar-refractivity contribution is 5.90. The zero-order valence-corrected chi connectivity index (χ0v) is 13.1. The van der Waals surface area contributed by atoms with E-state index in [4.69, 9.17) is 4.74 Å². The van der Waals surface area contributed by atoms with Crippen molar-refractivity contribution in [3.63, 3.8) is 0 Å². The van der Waals surface area contributed by atoms with Crippen molar-refractivity contribution in [1.29, 1.82) is 0 Å². The molecule has 1 aromatic heterocycles. The van der Waals surface area contributed by atoms with Crippen LogP contribution in [-0.4, -0.2) is 53.6 Å². The number of rotatable bonds is 3. The zero-order valence-electron chi connectivity index (χ0n) is 13.1. The van der Waals surface area contributed by atoms with Crippen molar-refractivity contribution in [3.8, 4) is 5.75 Å². The van der Waals surface area contributed by atoms with E-state index in [9.17, 15) is 4.79 Å². The number of amides is 1. The van der Waals surface area contributed by atoms with E-state index in [-0.39, 0.29) is 12.1 Å². The molecule has 116 valence electrons. The van der Waals surface area contributed by atoms with Crippen LogP contribution in [0.2, 0.25) is 0 Å². The molecule has 1 aromatic carbocycles. The van der Waals surface area contributed by atoms with Gasteiger partial charge in [-0.3, -0.25) is 4.79 Å². The molecule has 0 saturated carbocycles. The van der Waals surface area contributed by atoms with Gasteiger partial charge in [0.25, 0.3) is 0 Å². The smallest absolute Gasteiger partial charge is 0.210 e. The predicted molar refractivity (Wildman–Crippen MR) is 85.1 cm³/mol. The van der Waals surface area contributed by atoms with Crippen LogP contribution in [-0.2, 0) is 4.79 Å². The van der Waals surface area contributed by atoms with Gasteiger partial charge in [0, 0.05) is 36.6 Å². The van der Waals surface area contributed by atoms with Crippen molar-refractivity contribution < 1.29 is 9.53 Å².